The second-order valence-corrected chi connectivity index (χ2v) is 16.2. The monoisotopic (exact) mass is 831 g/mol. The summed E-state index contributed by atoms with van der Waals surface area (Å²) in [6, 6.07) is 97.8. The van der Waals surface area contributed by atoms with Crippen molar-refractivity contribution < 1.29 is 0 Å². The normalized spacial score (nSPS) is 11.1. The highest BCUT2D eigenvalue weighted by molar-refractivity contribution is 6.00. The van der Waals surface area contributed by atoms with Gasteiger partial charge in [-0.25, -0.2) is 0 Å². The van der Waals surface area contributed by atoms with Crippen LogP contribution in [0.4, 0.5) is 51.2 Å². The van der Waals surface area contributed by atoms with Crippen LogP contribution in [0.1, 0.15) is 0 Å². The van der Waals surface area contributed by atoms with Crippen LogP contribution in [0.3, 0.4) is 0 Å². The van der Waals surface area contributed by atoms with Crippen LogP contribution in [0.5, 0.6) is 0 Å². The van der Waals surface area contributed by atoms with E-state index >= 15 is 0 Å². The van der Waals surface area contributed by atoms with E-state index in [-0.39, 0.29) is 0 Å². The first-order chi connectivity index (χ1) is 32.2. The average molecular weight is 832 g/mol. The second-order valence-electron chi connectivity index (χ2n) is 16.2. The predicted molar refractivity (Wildman–Crippen MR) is 276 cm³/mol. The molecule has 0 fully saturated rings. The van der Waals surface area contributed by atoms with Crippen LogP contribution >= 0.6 is 0 Å². The molecule has 65 heavy (non-hydrogen) atoms. The van der Waals surface area contributed by atoms with Crippen molar-refractivity contribution in [3.63, 3.8) is 0 Å². The topological polar surface area (TPSA) is 9.72 Å². The van der Waals surface area contributed by atoms with Crippen LogP contribution in [0.2, 0.25) is 0 Å². The molecule has 0 atom stereocenters. The maximum Gasteiger partial charge on any atom is 0.0540 e. The minimum absolute atomic E-state index is 1.08. The van der Waals surface area contributed by atoms with E-state index in [1.807, 2.05) is 0 Å². The van der Waals surface area contributed by atoms with Gasteiger partial charge in [0.2, 0.25) is 0 Å². The van der Waals surface area contributed by atoms with Crippen LogP contribution in [0, 0.1) is 0 Å². The third-order valence-corrected chi connectivity index (χ3v) is 12.2. The summed E-state index contributed by atoms with van der Waals surface area (Å²) in [5.74, 6) is 0. The zero-order valence-electron chi connectivity index (χ0n) is 35.8. The molecule has 3 nitrogen and oxygen atoms in total. The summed E-state index contributed by atoms with van der Waals surface area (Å²) in [7, 11) is 0. The molecule has 0 aliphatic rings. The number of rotatable bonds is 11. The standard InChI is InChI=1S/C62H45N3/c1-4-24-52(25-5-1)63(55-40-36-46(37-41-55)50-22-14-30-57(44-50)64(53-26-6-2-7-27-53)61-34-16-20-48-18-10-12-32-59(48)61)56-42-38-47(39-43-56)51-23-15-31-58(45-51)65(54-28-8-3-9-29-54)62-35-17-21-49-19-11-13-33-60(49)62/h1-45H. The summed E-state index contributed by atoms with van der Waals surface area (Å²) in [4.78, 5) is 7.05. The lowest BCUT2D eigenvalue weighted by Gasteiger charge is -2.28. The molecule has 0 spiro atoms. The minimum atomic E-state index is 1.08. The summed E-state index contributed by atoms with van der Waals surface area (Å²) in [5, 5.41) is 4.85. The fourth-order valence-electron chi connectivity index (χ4n) is 9.09. The van der Waals surface area contributed by atoms with Gasteiger partial charge < -0.3 is 14.7 Å². The highest BCUT2D eigenvalue weighted by atomic mass is 15.2. The van der Waals surface area contributed by atoms with Crippen molar-refractivity contribution >= 4 is 72.7 Å². The smallest absolute Gasteiger partial charge is 0.0540 e. The van der Waals surface area contributed by atoms with Crippen molar-refractivity contribution in [1.82, 2.24) is 0 Å². The third-order valence-electron chi connectivity index (χ3n) is 12.2. The molecule has 11 rings (SSSR count). The fraction of sp³-hybridized carbons (Fsp3) is 0. The van der Waals surface area contributed by atoms with Gasteiger partial charge in [-0.1, -0.05) is 176 Å². The van der Waals surface area contributed by atoms with E-state index in [2.05, 4.69) is 288 Å². The molecule has 0 saturated heterocycles. The van der Waals surface area contributed by atoms with Crippen LogP contribution in [-0.2, 0) is 0 Å². The van der Waals surface area contributed by atoms with Crippen LogP contribution in [0.15, 0.2) is 273 Å². The number of hydrogen-bond donors (Lipinski definition) is 0. The molecule has 0 amide bonds. The molecule has 0 aliphatic carbocycles. The zero-order valence-corrected chi connectivity index (χ0v) is 35.8. The van der Waals surface area contributed by atoms with Gasteiger partial charge >= 0.3 is 0 Å². The van der Waals surface area contributed by atoms with Gasteiger partial charge in [0.1, 0.15) is 0 Å². The molecule has 0 aliphatic heterocycles. The number of para-hydroxylation sites is 3. The van der Waals surface area contributed by atoms with Gasteiger partial charge in [-0.15, -0.1) is 0 Å². The van der Waals surface area contributed by atoms with Crippen LogP contribution in [0.25, 0.3) is 43.8 Å². The van der Waals surface area contributed by atoms with Gasteiger partial charge in [0, 0.05) is 50.6 Å². The minimum Gasteiger partial charge on any atom is -0.311 e. The summed E-state index contributed by atoms with van der Waals surface area (Å²) < 4.78 is 0. The van der Waals surface area contributed by atoms with Crippen molar-refractivity contribution in [2.24, 2.45) is 0 Å². The Labute approximate surface area is 381 Å². The Balaban J connectivity index is 0.918. The fourth-order valence-corrected chi connectivity index (χ4v) is 9.09. The third kappa shape index (κ3) is 7.88. The number of anilines is 9. The molecule has 0 unspecified atom stereocenters. The molecule has 0 aromatic heterocycles. The Morgan fingerprint density at radius 2 is 0.492 bits per heavy atom. The lowest BCUT2D eigenvalue weighted by Crippen LogP contribution is -2.10. The van der Waals surface area contributed by atoms with Gasteiger partial charge in [0.15, 0.2) is 0 Å². The maximum absolute atomic E-state index is 2.36. The zero-order chi connectivity index (χ0) is 43.4. The number of hydrogen-bond acceptors (Lipinski definition) is 3. The van der Waals surface area contributed by atoms with Crippen molar-refractivity contribution in [3.8, 4) is 22.3 Å². The van der Waals surface area contributed by atoms with E-state index in [0.717, 1.165) is 73.4 Å². The predicted octanol–water partition coefficient (Wildman–Crippen LogP) is 17.7. The van der Waals surface area contributed by atoms with Crippen molar-refractivity contribution in [2.75, 3.05) is 14.7 Å². The molecule has 0 bridgehead atoms. The molecule has 0 saturated carbocycles. The quantitative estimate of drug-likeness (QED) is 0.129. The number of fused-ring (bicyclic) bond motifs is 2. The highest BCUT2D eigenvalue weighted by Crippen LogP contribution is 2.43. The van der Waals surface area contributed by atoms with E-state index in [1.54, 1.807) is 0 Å². The van der Waals surface area contributed by atoms with E-state index in [1.165, 1.54) is 21.5 Å². The van der Waals surface area contributed by atoms with E-state index < -0.39 is 0 Å². The van der Waals surface area contributed by atoms with E-state index in [0.29, 0.717) is 0 Å². The molecule has 3 heteroatoms. The molecule has 0 radical (unpaired) electrons. The molecular weight excluding hydrogens is 787 g/mol. The van der Waals surface area contributed by atoms with E-state index in [9.17, 15) is 0 Å². The Kier molecular flexibility index (Phi) is 10.6. The summed E-state index contributed by atoms with van der Waals surface area (Å²) in [6.45, 7) is 0. The van der Waals surface area contributed by atoms with Gasteiger partial charge in [0.05, 0.1) is 11.4 Å². The van der Waals surface area contributed by atoms with Gasteiger partial charge in [-0.3, -0.25) is 0 Å². The first kappa shape index (κ1) is 39.2. The molecule has 0 heterocycles. The van der Waals surface area contributed by atoms with Gasteiger partial charge in [0.25, 0.3) is 0 Å². The van der Waals surface area contributed by atoms with Crippen molar-refractivity contribution in [3.05, 3.63) is 273 Å². The number of nitrogens with zero attached hydrogens (tertiary/aromatic N) is 3. The number of benzene rings is 11. The van der Waals surface area contributed by atoms with E-state index in [4.69, 9.17) is 0 Å². The molecule has 11 aromatic rings. The lowest BCUT2D eigenvalue weighted by molar-refractivity contribution is 1.28. The summed E-state index contributed by atoms with van der Waals surface area (Å²) in [5.41, 5.74) is 14.6. The van der Waals surface area contributed by atoms with Crippen LogP contribution < -0.4 is 14.7 Å². The van der Waals surface area contributed by atoms with Gasteiger partial charge in [-0.2, -0.15) is 0 Å². The SMILES string of the molecule is c1ccc(N(c2ccc(-c3cccc(N(c4ccccc4)c4cccc5ccccc45)c3)cc2)c2ccc(-c3cccc(N(c4ccccc4)c4cccc5ccccc45)c3)cc2)cc1. The maximum atomic E-state index is 2.36. The van der Waals surface area contributed by atoms with Gasteiger partial charge in [-0.05, 0) is 130 Å². The Morgan fingerprint density at radius 1 is 0.185 bits per heavy atom. The Bertz CT molecular complexity index is 3150. The Hall–Kier alpha value is -8.66. The Morgan fingerprint density at radius 3 is 0.908 bits per heavy atom. The first-order valence-electron chi connectivity index (χ1n) is 22.2. The molecular formula is C62H45N3. The average Bonchev–Trinajstić information content (AvgIpc) is 3.38. The van der Waals surface area contributed by atoms with Crippen LogP contribution in [-0.4, -0.2) is 0 Å². The molecule has 0 N–H and O–H groups in total. The van der Waals surface area contributed by atoms with Crippen molar-refractivity contribution in [1.29, 1.82) is 0 Å². The summed E-state index contributed by atoms with van der Waals surface area (Å²) in [6.07, 6.45) is 0. The second kappa shape index (κ2) is 17.6. The van der Waals surface area contributed by atoms with Crippen molar-refractivity contribution in [2.45, 2.75) is 0 Å². The first-order valence-corrected chi connectivity index (χ1v) is 22.2. The summed E-state index contributed by atoms with van der Waals surface area (Å²) >= 11 is 0. The highest BCUT2D eigenvalue weighted by Gasteiger charge is 2.19. The molecule has 11 aromatic carbocycles. The largest absolute Gasteiger partial charge is 0.311 e. The molecule has 308 valence electrons. The lowest BCUT2D eigenvalue weighted by atomic mass is 10.0.